The van der Waals surface area contributed by atoms with E-state index < -0.39 is 0 Å². The van der Waals surface area contributed by atoms with E-state index in [1.165, 1.54) is 116 Å². The Morgan fingerprint density at radius 2 is 0.848 bits per heavy atom. The van der Waals surface area contributed by atoms with Gasteiger partial charge in [-0.25, -0.2) is 8.78 Å². The van der Waals surface area contributed by atoms with Crippen LogP contribution < -0.4 is 0 Å². The van der Waals surface area contributed by atoms with Gasteiger partial charge >= 0.3 is 30.2 Å². The van der Waals surface area contributed by atoms with Crippen molar-refractivity contribution in [3.05, 3.63) is 158 Å². The van der Waals surface area contributed by atoms with Crippen LogP contribution in [0.2, 0.25) is 0 Å². The number of hydrogen-bond acceptors (Lipinski definition) is 2. The van der Waals surface area contributed by atoms with Crippen molar-refractivity contribution >= 4 is 28.4 Å². The van der Waals surface area contributed by atoms with Crippen LogP contribution in [0.5, 0.6) is 11.5 Å². The van der Waals surface area contributed by atoms with E-state index in [-0.39, 0.29) is 38.0 Å². The van der Waals surface area contributed by atoms with Crippen LogP contribution >= 0.6 is 0 Å². The Hall–Kier alpha value is -3.34. The molecule has 6 heteroatoms. The Balaban J connectivity index is 0.000000582. The Morgan fingerprint density at radius 3 is 1.11 bits per heavy atom. The van der Waals surface area contributed by atoms with Gasteiger partial charge in [0.15, 0.2) is 0 Å². The van der Waals surface area contributed by atoms with Gasteiger partial charge in [-0.1, -0.05) is 52.7 Å². The molecular formula is C40H46F2O2SiZr-4. The van der Waals surface area contributed by atoms with Crippen molar-refractivity contribution in [2.75, 3.05) is 0 Å². The van der Waals surface area contributed by atoms with Gasteiger partial charge in [0, 0.05) is 0 Å². The van der Waals surface area contributed by atoms with E-state index in [1.807, 2.05) is 0 Å². The third-order valence-corrected chi connectivity index (χ3v) is 6.74. The van der Waals surface area contributed by atoms with Crippen molar-refractivity contribution in [1.82, 2.24) is 0 Å². The number of halogens is 2. The van der Waals surface area contributed by atoms with Gasteiger partial charge in [-0.2, -0.15) is 12.1 Å². The second kappa shape index (κ2) is 21.5. The van der Waals surface area contributed by atoms with Crippen molar-refractivity contribution < 1.29 is 42.3 Å². The van der Waals surface area contributed by atoms with Crippen LogP contribution in [0.25, 0.3) is 21.5 Å². The van der Waals surface area contributed by atoms with Crippen LogP contribution in [-0.2, 0) is 23.3 Å². The fourth-order valence-corrected chi connectivity index (χ4v) is 4.36. The van der Waals surface area contributed by atoms with Crippen molar-refractivity contribution in [2.24, 2.45) is 0 Å². The standard InChI is InChI=1S/2C13H15.2C6H5FO.2CH3.Si.Zr/c2*1-9(2)11-4-5-12-6-10(3)7-13(12)8-11;2*7-5-1-3-6(8)4-2-5;;;;/h2*4-9H,1-3H3;2*1-4,8H;2*1H3;;/q2*-1;;;2*-1;;. The summed E-state index contributed by atoms with van der Waals surface area (Å²) < 4.78 is 24.0. The summed E-state index contributed by atoms with van der Waals surface area (Å²) in [6, 6.07) is 32.5. The molecule has 0 aromatic heterocycles. The number of benzene rings is 4. The summed E-state index contributed by atoms with van der Waals surface area (Å²) in [5, 5.41) is 22.7. The predicted molar refractivity (Wildman–Crippen MR) is 191 cm³/mol. The molecular weight excluding hydrogens is 670 g/mol. The molecule has 0 spiro atoms. The molecule has 0 unspecified atom stereocenters. The fourth-order valence-electron chi connectivity index (χ4n) is 4.36. The molecule has 244 valence electrons. The number of phenols is 2. The average Bonchev–Trinajstić information content (AvgIpc) is 3.57. The SMILES string of the molecule is Cc1cc2cc(C(C)C)ccc2[cH-]1.Cc1cc2cc(C(C)C)ccc2[cH-]1.Oc1ccc(F)cc1.Oc1ccc(F)cc1.[CH3-].[CH3-].[Si]=[Zr]. The molecule has 6 aromatic rings. The van der Waals surface area contributed by atoms with Crippen molar-refractivity contribution in [3.63, 3.8) is 0 Å². The number of hydrogen-bond donors (Lipinski definition) is 2. The van der Waals surface area contributed by atoms with E-state index in [1.54, 1.807) is 0 Å². The van der Waals surface area contributed by atoms with Crippen LogP contribution in [0.3, 0.4) is 0 Å². The third kappa shape index (κ3) is 14.4. The Bertz CT molecular complexity index is 1530. The summed E-state index contributed by atoms with van der Waals surface area (Å²) in [5.41, 5.74) is 5.57. The average molecular weight is 716 g/mol. The first kappa shape index (κ1) is 42.7. The molecule has 0 aliphatic carbocycles. The van der Waals surface area contributed by atoms with Crippen LogP contribution in [-0.4, -0.2) is 17.1 Å². The molecule has 2 N–H and O–H groups in total. The molecule has 0 aliphatic rings. The molecule has 6 rings (SSSR count). The summed E-state index contributed by atoms with van der Waals surface area (Å²) in [6.07, 6.45) is 0. The second-order valence-electron chi connectivity index (χ2n) is 11.1. The van der Waals surface area contributed by atoms with Crippen molar-refractivity contribution in [1.29, 1.82) is 0 Å². The van der Waals surface area contributed by atoms with E-state index in [0.29, 0.717) is 11.8 Å². The molecule has 0 fully saturated rings. The quantitative estimate of drug-likeness (QED) is 0.138. The summed E-state index contributed by atoms with van der Waals surface area (Å²) in [7, 11) is 0. The van der Waals surface area contributed by atoms with Crippen LogP contribution in [0.15, 0.2) is 109 Å². The van der Waals surface area contributed by atoms with E-state index in [4.69, 9.17) is 10.2 Å². The molecule has 0 bridgehead atoms. The Morgan fingerprint density at radius 1 is 0.543 bits per heavy atom. The van der Waals surface area contributed by atoms with E-state index in [2.05, 4.69) is 109 Å². The molecule has 6 aromatic carbocycles. The number of aromatic hydroxyl groups is 2. The zero-order chi connectivity index (χ0) is 32.8. The van der Waals surface area contributed by atoms with Gasteiger partial charge in [0.2, 0.25) is 0 Å². The summed E-state index contributed by atoms with van der Waals surface area (Å²) >= 11 is 1.36. The minimum atomic E-state index is -0.331. The topological polar surface area (TPSA) is 40.5 Å². The zero-order valence-electron chi connectivity index (χ0n) is 28.2. The number of rotatable bonds is 2. The van der Waals surface area contributed by atoms with E-state index in [9.17, 15) is 8.78 Å². The predicted octanol–water partition coefficient (Wildman–Crippen LogP) is 11.6. The minimum absolute atomic E-state index is 0. The molecule has 2 nitrogen and oxygen atoms in total. The molecule has 46 heavy (non-hydrogen) atoms. The Kier molecular flexibility index (Phi) is 19.9. The summed E-state index contributed by atoms with van der Waals surface area (Å²) in [6.45, 7) is 16.3. The zero-order valence-corrected chi connectivity index (χ0v) is 31.7. The van der Waals surface area contributed by atoms with Gasteiger partial charge < -0.3 is 25.1 Å². The van der Waals surface area contributed by atoms with Gasteiger partial charge in [0.05, 0.1) is 0 Å². The maximum atomic E-state index is 12.0. The van der Waals surface area contributed by atoms with E-state index in [0.717, 1.165) is 0 Å². The molecule has 0 heterocycles. The van der Waals surface area contributed by atoms with Gasteiger partial charge in [-0.3, -0.25) is 0 Å². The summed E-state index contributed by atoms with van der Waals surface area (Å²) in [4.78, 5) is 0. The summed E-state index contributed by atoms with van der Waals surface area (Å²) in [5.74, 6) is 0.766. The maximum absolute atomic E-state index is 12.0. The van der Waals surface area contributed by atoms with Crippen molar-refractivity contribution in [2.45, 2.75) is 53.4 Å². The second-order valence-corrected chi connectivity index (χ2v) is 11.1. The molecule has 0 saturated heterocycles. The molecule has 0 atom stereocenters. The van der Waals surface area contributed by atoms with Gasteiger partial charge in [0.1, 0.15) is 23.1 Å². The van der Waals surface area contributed by atoms with Crippen LogP contribution in [0, 0.1) is 40.3 Å². The van der Waals surface area contributed by atoms with Crippen LogP contribution in [0.4, 0.5) is 8.78 Å². The first-order valence-corrected chi connectivity index (χ1v) is 18.6. The number of aryl methyl sites for hydroxylation is 2. The number of phenolic OH excluding ortho intramolecular Hbond substituents is 2. The van der Waals surface area contributed by atoms with Gasteiger partial charge in [-0.15, -0.1) is 81.2 Å². The molecule has 2 radical (unpaired) electrons. The van der Waals surface area contributed by atoms with E-state index >= 15 is 0 Å². The van der Waals surface area contributed by atoms with Gasteiger partial charge in [-0.05, 0) is 60.4 Å². The molecule has 0 saturated carbocycles. The number of fused-ring (bicyclic) bond motifs is 2. The van der Waals surface area contributed by atoms with Crippen LogP contribution in [0.1, 0.15) is 61.8 Å². The van der Waals surface area contributed by atoms with Gasteiger partial charge in [0.25, 0.3) is 0 Å². The fraction of sp³-hybridized carbons (Fsp3) is 0.200. The first-order chi connectivity index (χ1) is 20.9. The third-order valence-electron chi connectivity index (χ3n) is 6.74. The molecule has 0 amide bonds. The normalized spacial score (nSPS) is 9.67. The van der Waals surface area contributed by atoms with Crippen molar-refractivity contribution in [3.8, 4) is 11.5 Å². The monoisotopic (exact) mass is 714 g/mol. The Labute approximate surface area is 292 Å². The molecule has 0 aliphatic heterocycles. The first-order valence-electron chi connectivity index (χ1n) is 14.4.